The first-order valence-electron chi connectivity index (χ1n) is 5.27. The number of nitrogens with two attached hydrogens (primary N) is 1. The highest BCUT2D eigenvalue weighted by Crippen LogP contribution is 2.21. The fourth-order valence-electron chi connectivity index (χ4n) is 1.20. The van der Waals surface area contributed by atoms with E-state index in [0.29, 0.717) is 23.0 Å². The van der Waals surface area contributed by atoms with Gasteiger partial charge >= 0.3 is 5.97 Å². The van der Waals surface area contributed by atoms with Gasteiger partial charge in [0, 0.05) is 5.38 Å². The highest BCUT2D eigenvalue weighted by molar-refractivity contribution is 7.13. The van der Waals surface area contributed by atoms with Gasteiger partial charge in [0.2, 0.25) is 0 Å². The number of anilines is 1. The van der Waals surface area contributed by atoms with Crippen molar-refractivity contribution in [3.8, 4) is 0 Å². The molecule has 1 aromatic heterocycles. The second-order valence-electron chi connectivity index (χ2n) is 3.20. The van der Waals surface area contributed by atoms with Gasteiger partial charge in [-0.05, 0) is 13.3 Å². The number of nitrogens with zero attached hydrogens (tertiary/aromatic N) is 1. The number of allylic oxidation sites excluding steroid dienone is 1. The zero-order valence-electron chi connectivity index (χ0n) is 9.53. The van der Waals surface area contributed by atoms with E-state index in [4.69, 9.17) is 10.5 Å². The maximum absolute atomic E-state index is 11.7. The van der Waals surface area contributed by atoms with Crippen molar-refractivity contribution in [3.05, 3.63) is 17.2 Å². The monoisotopic (exact) mass is 240 g/mol. The number of carbonyl (C=O) groups is 1. The van der Waals surface area contributed by atoms with Crippen LogP contribution >= 0.6 is 11.3 Å². The quantitative estimate of drug-likeness (QED) is 0.634. The SMILES string of the molecule is CCC/C=C(\C(=O)OCC)c1csc(N)n1. The number of ether oxygens (including phenoxy) is 1. The smallest absolute Gasteiger partial charge is 0.340 e. The number of carbonyl (C=O) groups excluding carboxylic acids is 1. The van der Waals surface area contributed by atoms with Crippen LogP contribution in [0.2, 0.25) is 0 Å². The Morgan fingerprint density at radius 2 is 2.38 bits per heavy atom. The van der Waals surface area contributed by atoms with Gasteiger partial charge in [0.05, 0.1) is 17.9 Å². The summed E-state index contributed by atoms with van der Waals surface area (Å²) >= 11 is 1.32. The van der Waals surface area contributed by atoms with Crippen LogP contribution in [0.4, 0.5) is 5.13 Å². The van der Waals surface area contributed by atoms with Crippen LogP contribution in [0, 0.1) is 0 Å². The molecule has 0 amide bonds. The largest absolute Gasteiger partial charge is 0.462 e. The number of esters is 1. The molecule has 2 N–H and O–H groups in total. The number of nitrogen functional groups attached to an aromatic ring is 1. The van der Waals surface area contributed by atoms with E-state index in [1.54, 1.807) is 12.3 Å². The van der Waals surface area contributed by atoms with Gasteiger partial charge in [-0.1, -0.05) is 19.4 Å². The average Bonchev–Trinajstić information content (AvgIpc) is 2.66. The minimum absolute atomic E-state index is 0.332. The molecule has 0 aliphatic carbocycles. The normalized spacial score (nSPS) is 11.5. The van der Waals surface area contributed by atoms with Gasteiger partial charge in [0.15, 0.2) is 5.13 Å². The van der Waals surface area contributed by atoms with Gasteiger partial charge in [-0.3, -0.25) is 0 Å². The van der Waals surface area contributed by atoms with Crippen molar-refractivity contribution in [2.24, 2.45) is 0 Å². The zero-order valence-corrected chi connectivity index (χ0v) is 10.3. The van der Waals surface area contributed by atoms with Crippen molar-refractivity contribution >= 4 is 28.0 Å². The predicted octanol–water partition coefficient (Wildman–Crippen LogP) is 2.47. The Balaban J connectivity index is 2.91. The van der Waals surface area contributed by atoms with E-state index < -0.39 is 0 Å². The molecule has 0 aliphatic rings. The van der Waals surface area contributed by atoms with Crippen LogP contribution in [-0.2, 0) is 9.53 Å². The molecular weight excluding hydrogens is 224 g/mol. The molecule has 0 saturated carbocycles. The lowest BCUT2D eigenvalue weighted by molar-refractivity contribution is -0.136. The minimum Gasteiger partial charge on any atom is -0.462 e. The van der Waals surface area contributed by atoms with E-state index in [1.807, 2.05) is 6.08 Å². The third kappa shape index (κ3) is 3.34. The lowest BCUT2D eigenvalue weighted by atomic mass is 10.1. The highest BCUT2D eigenvalue weighted by Gasteiger charge is 2.15. The third-order valence-corrected chi connectivity index (χ3v) is 2.60. The summed E-state index contributed by atoms with van der Waals surface area (Å²) in [6, 6.07) is 0. The number of rotatable bonds is 5. The standard InChI is InChI=1S/C11H16N2O2S/c1-3-5-6-8(10(14)15-4-2)9-7-16-11(12)13-9/h6-7H,3-5H2,1-2H3,(H2,12,13)/b8-6-. The number of thiazole rings is 1. The molecule has 0 fully saturated rings. The Kier molecular flexibility index (Phi) is 4.98. The molecule has 1 rings (SSSR count). The summed E-state index contributed by atoms with van der Waals surface area (Å²) in [5.74, 6) is -0.332. The number of hydrogen-bond donors (Lipinski definition) is 1. The first-order chi connectivity index (χ1) is 7.69. The molecule has 1 aromatic rings. The van der Waals surface area contributed by atoms with Crippen LogP contribution in [-0.4, -0.2) is 17.6 Å². The summed E-state index contributed by atoms with van der Waals surface area (Å²) in [5, 5.41) is 2.23. The van der Waals surface area contributed by atoms with Crippen molar-refractivity contribution in [2.75, 3.05) is 12.3 Å². The van der Waals surface area contributed by atoms with Crippen molar-refractivity contribution in [3.63, 3.8) is 0 Å². The molecule has 1 heterocycles. The molecule has 0 aromatic carbocycles. The summed E-state index contributed by atoms with van der Waals surface area (Å²) in [6.45, 7) is 4.20. The van der Waals surface area contributed by atoms with E-state index in [1.165, 1.54) is 11.3 Å². The molecule has 0 radical (unpaired) electrons. The molecule has 0 atom stereocenters. The van der Waals surface area contributed by atoms with Gasteiger partial charge in [-0.2, -0.15) is 0 Å². The summed E-state index contributed by atoms with van der Waals surface area (Å²) in [5.41, 5.74) is 6.66. The molecular formula is C11H16N2O2S. The molecule has 16 heavy (non-hydrogen) atoms. The maximum Gasteiger partial charge on any atom is 0.340 e. The zero-order chi connectivity index (χ0) is 12.0. The fourth-order valence-corrected chi connectivity index (χ4v) is 1.76. The lowest BCUT2D eigenvalue weighted by Gasteiger charge is -2.03. The highest BCUT2D eigenvalue weighted by atomic mass is 32.1. The van der Waals surface area contributed by atoms with Crippen molar-refractivity contribution < 1.29 is 9.53 Å². The Hall–Kier alpha value is -1.36. The molecule has 88 valence electrons. The van der Waals surface area contributed by atoms with E-state index in [0.717, 1.165) is 12.8 Å². The Labute approximate surface area is 99.1 Å². The Morgan fingerprint density at radius 1 is 1.62 bits per heavy atom. The summed E-state index contributed by atoms with van der Waals surface area (Å²) < 4.78 is 4.98. The molecule has 0 saturated heterocycles. The molecule has 5 heteroatoms. The van der Waals surface area contributed by atoms with Crippen LogP contribution in [0.15, 0.2) is 11.5 Å². The molecule has 0 bridgehead atoms. The minimum atomic E-state index is -0.332. The van der Waals surface area contributed by atoms with Crippen molar-refractivity contribution in [1.29, 1.82) is 0 Å². The van der Waals surface area contributed by atoms with Gasteiger partial charge in [0.1, 0.15) is 0 Å². The van der Waals surface area contributed by atoms with Crippen molar-refractivity contribution in [2.45, 2.75) is 26.7 Å². The summed E-state index contributed by atoms with van der Waals surface area (Å²) in [7, 11) is 0. The van der Waals surface area contributed by atoms with Crippen LogP contribution in [0.3, 0.4) is 0 Å². The van der Waals surface area contributed by atoms with Crippen LogP contribution < -0.4 is 5.73 Å². The first-order valence-corrected chi connectivity index (χ1v) is 6.15. The van der Waals surface area contributed by atoms with E-state index in [2.05, 4.69) is 11.9 Å². The second kappa shape index (κ2) is 6.27. The Bertz CT molecular complexity index is 385. The van der Waals surface area contributed by atoms with Crippen LogP contribution in [0.5, 0.6) is 0 Å². The third-order valence-electron chi connectivity index (χ3n) is 1.93. The average molecular weight is 240 g/mol. The van der Waals surface area contributed by atoms with Gasteiger partial charge in [-0.25, -0.2) is 9.78 Å². The van der Waals surface area contributed by atoms with Gasteiger partial charge in [0.25, 0.3) is 0 Å². The molecule has 0 unspecified atom stereocenters. The molecule has 0 spiro atoms. The van der Waals surface area contributed by atoms with Gasteiger partial charge in [-0.15, -0.1) is 11.3 Å². The number of unbranched alkanes of at least 4 members (excludes halogenated alkanes) is 1. The Morgan fingerprint density at radius 3 is 2.88 bits per heavy atom. The fraction of sp³-hybridized carbons (Fsp3) is 0.455. The van der Waals surface area contributed by atoms with Crippen LogP contribution in [0.1, 0.15) is 32.4 Å². The van der Waals surface area contributed by atoms with Crippen LogP contribution in [0.25, 0.3) is 5.57 Å². The van der Waals surface area contributed by atoms with E-state index in [9.17, 15) is 4.79 Å². The molecule has 0 aliphatic heterocycles. The number of aromatic nitrogens is 1. The topological polar surface area (TPSA) is 65.2 Å². The summed E-state index contributed by atoms with van der Waals surface area (Å²) in [6.07, 6.45) is 3.65. The van der Waals surface area contributed by atoms with E-state index >= 15 is 0 Å². The molecule has 4 nitrogen and oxygen atoms in total. The first kappa shape index (κ1) is 12.7. The van der Waals surface area contributed by atoms with Crippen molar-refractivity contribution in [1.82, 2.24) is 4.98 Å². The summed E-state index contributed by atoms with van der Waals surface area (Å²) in [4.78, 5) is 15.8. The second-order valence-corrected chi connectivity index (χ2v) is 4.09. The van der Waals surface area contributed by atoms with Gasteiger partial charge < -0.3 is 10.5 Å². The van der Waals surface area contributed by atoms with E-state index in [-0.39, 0.29) is 5.97 Å². The number of hydrogen-bond acceptors (Lipinski definition) is 5. The predicted molar refractivity (Wildman–Crippen MR) is 66.0 cm³/mol. The lowest BCUT2D eigenvalue weighted by Crippen LogP contribution is -2.07. The maximum atomic E-state index is 11.7.